The molecule has 1 heterocycles. The first kappa shape index (κ1) is 16.2. The Balaban J connectivity index is 2.43. The summed E-state index contributed by atoms with van der Waals surface area (Å²) in [7, 11) is 3.31. The van der Waals surface area contributed by atoms with Crippen LogP contribution in [-0.4, -0.2) is 38.9 Å². The molecule has 0 radical (unpaired) electrons. The van der Waals surface area contributed by atoms with Gasteiger partial charge in [-0.1, -0.05) is 18.5 Å². The molecule has 118 valence electrons. The second kappa shape index (κ2) is 6.32. The van der Waals surface area contributed by atoms with Crippen LogP contribution in [0.5, 0.6) is 11.5 Å². The van der Waals surface area contributed by atoms with Crippen molar-refractivity contribution in [3.63, 3.8) is 0 Å². The first-order valence-corrected chi connectivity index (χ1v) is 7.75. The molecule has 0 aliphatic carbocycles. The van der Waals surface area contributed by atoms with Crippen molar-refractivity contribution in [3.8, 4) is 11.5 Å². The number of ether oxygens (including phenoxy) is 2. The van der Waals surface area contributed by atoms with E-state index in [9.17, 15) is 0 Å². The number of piperazine rings is 1. The maximum absolute atomic E-state index is 6.20. The third-order valence-electron chi connectivity index (χ3n) is 4.42. The largest absolute Gasteiger partial charge is 0.495 e. The SMILES string of the molecule is CCC1(C)CN(c2cc(OC)c(Cl)cc2OC)C(C)CN1. The number of halogens is 1. The summed E-state index contributed by atoms with van der Waals surface area (Å²) in [6.07, 6.45) is 1.07. The molecule has 2 unspecified atom stereocenters. The summed E-state index contributed by atoms with van der Waals surface area (Å²) in [6, 6.07) is 4.18. The Morgan fingerprint density at radius 1 is 1.33 bits per heavy atom. The summed E-state index contributed by atoms with van der Waals surface area (Å²) in [5, 5.41) is 4.20. The zero-order valence-corrected chi connectivity index (χ0v) is 14.3. The number of rotatable bonds is 4. The Labute approximate surface area is 132 Å². The van der Waals surface area contributed by atoms with Gasteiger partial charge >= 0.3 is 0 Å². The molecule has 1 aromatic carbocycles. The zero-order chi connectivity index (χ0) is 15.6. The summed E-state index contributed by atoms with van der Waals surface area (Å²) in [5.74, 6) is 1.46. The lowest BCUT2D eigenvalue weighted by Crippen LogP contribution is -2.62. The van der Waals surface area contributed by atoms with Crippen molar-refractivity contribution in [2.24, 2.45) is 0 Å². The van der Waals surface area contributed by atoms with Gasteiger partial charge in [0.15, 0.2) is 0 Å². The van der Waals surface area contributed by atoms with Gasteiger partial charge in [0.05, 0.1) is 24.9 Å². The van der Waals surface area contributed by atoms with Gasteiger partial charge in [0, 0.05) is 36.8 Å². The first-order chi connectivity index (χ1) is 9.94. The smallest absolute Gasteiger partial charge is 0.143 e. The van der Waals surface area contributed by atoms with E-state index in [-0.39, 0.29) is 5.54 Å². The fourth-order valence-corrected chi connectivity index (χ4v) is 2.95. The lowest BCUT2D eigenvalue weighted by atomic mass is 9.93. The van der Waals surface area contributed by atoms with Crippen LogP contribution < -0.4 is 19.7 Å². The van der Waals surface area contributed by atoms with Gasteiger partial charge in [-0.05, 0) is 20.3 Å². The van der Waals surface area contributed by atoms with Crippen molar-refractivity contribution in [3.05, 3.63) is 17.2 Å². The van der Waals surface area contributed by atoms with Crippen molar-refractivity contribution in [2.45, 2.75) is 38.8 Å². The molecule has 1 fully saturated rings. The van der Waals surface area contributed by atoms with Crippen LogP contribution in [0.25, 0.3) is 0 Å². The Kier molecular flexibility index (Phi) is 4.89. The summed E-state index contributed by atoms with van der Waals surface area (Å²) < 4.78 is 10.9. The van der Waals surface area contributed by atoms with Crippen molar-refractivity contribution >= 4 is 17.3 Å². The van der Waals surface area contributed by atoms with Gasteiger partial charge in [-0.15, -0.1) is 0 Å². The van der Waals surface area contributed by atoms with Gasteiger partial charge in [-0.2, -0.15) is 0 Å². The Morgan fingerprint density at radius 2 is 2.00 bits per heavy atom. The topological polar surface area (TPSA) is 33.7 Å². The number of methoxy groups -OCH3 is 2. The highest BCUT2D eigenvalue weighted by Crippen LogP contribution is 2.40. The zero-order valence-electron chi connectivity index (χ0n) is 13.5. The van der Waals surface area contributed by atoms with E-state index in [2.05, 4.69) is 31.0 Å². The molecule has 0 saturated carbocycles. The average Bonchev–Trinajstić information content (AvgIpc) is 2.49. The highest BCUT2D eigenvalue weighted by atomic mass is 35.5. The van der Waals surface area contributed by atoms with Crippen LogP contribution in [0, 0.1) is 0 Å². The minimum atomic E-state index is 0.102. The molecule has 2 rings (SSSR count). The molecule has 5 heteroatoms. The number of hydrogen-bond donors (Lipinski definition) is 1. The molecule has 0 spiro atoms. The molecule has 2 atom stereocenters. The van der Waals surface area contributed by atoms with Crippen LogP contribution in [0.3, 0.4) is 0 Å². The summed E-state index contributed by atoms with van der Waals surface area (Å²) in [4.78, 5) is 2.37. The summed E-state index contributed by atoms with van der Waals surface area (Å²) >= 11 is 6.20. The predicted molar refractivity (Wildman–Crippen MR) is 88.1 cm³/mol. The molecule has 0 amide bonds. The number of anilines is 1. The number of hydrogen-bond acceptors (Lipinski definition) is 4. The third-order valence-corrected chi connectivity index (χ3v) is 4.71. The second-order valence-corrected chi connectivity index (χ2v) is 6.34. The minimum Gasteiger partial charge on any atom is -0.495 e. The molecular weight excluding hydrogens is 288 g/mol. The lowest BCUT2D eigenvalue weighted by molar-refractivity contribution is 0.283. The Morgan fingerprint density at radius 3 is 2.57 bits per heavy atom. The minimum absolute atomic E-state index is 0.102. The van der Waals surface area contributed by atoms with E-state index < -0.39 is 0 Å². The maximum atomic E-state index is 6.20. The highest BCUT2D eigenvalue weighted by Gasteiger charge is 2.34. The van der Waals surface area contributed by atoms with E-state index in [0.717, 1.165) is 30.9 Å². The maximum Gasteiger partial charge on any atom is 0.143 e. The van der Waals surface area contributed by atoms with Gasteiger partial charge in [-0.3, -0.25) is 0 Å². The summed E-state index contributed by atoms with van der Waals surface area (Å²) in [6.45, 7) is 8.54. The lowest BCUT2D eigenvalue weighted by Gasteiger charge is -2.46. The standard InChI is InChI=1S/C16H25ClN2O2/c1-6-16(3)10-19(11(2)9-18-16)13-8-14(20-4)12(17)7-15(13)21-5/h7-8,11,18H,6,9-10H2,1-5H3. The molecule has 1 aliphatic rings. The van der Waals surface area contributed by atoms with Gasteiger partial charge in [0.2, 0.25) is 0 Å². The van der Waals surface area contributed by atoms with Gasteiger partial charge in [-0.25, -0.2) is 0 Å². The first-order valence-electron chi connectivity index (χ1n) is 7.37. The molecule has 0 bridgehead atoms. The molecule has 1 aromatic rings. The fourth-order valence-electron chi connectivity index (χ4n) is 2.72. The van der Waals surface area contributed by atoms with Crippen LogP contribution in [-0.2, 0) is 0 Å². The number of nitrogens with zero attached hydrogens (tertiary/aromatic N) is 1. The van der Waals surface area contributed by atoms with Crippen LogP contribution in [0.4, 0.5) is 5.69 Å². The Bertz CT molecular complexity index is 509. The van der Waals surface area contributed by atoms with Gasteiger partial charge < -0.3 is 19.7 Å². The summed E-state index contributed by atoms with van der Waals surface area (Å²) in [5.41, 5.74) is 1.14. The van der Waals surface area contributed by atoms with E-state index in [0.29, 0.717) is 16.8 Å². The van der Waals surface area contributed by atoms with Crippen LogP contribution in [0.2, 0.25) is 5.02 Å². The van der Waals surface area contributed by atoms with Crippen molar-refractivity contribution < 1.29 is 9.47 Å². The Hall–Kier alpha value is -1.13. The molecule has 21 heavy (non-hydrogen) atoms. The van der Waals surface area contributed by atoms with Gasteiger partial charge in [0.1, 0.15) is 11.5 Å². The van der Waals surface area contributed by atoms with Crippen LogP contribution >= 0.6 is 11.6 Å². The quantitative estimate of drug-likeness (QED) is 0.924. The van der Waals surface area contributed by atoms with Crippen molar-refractivity contribution in [1.29, 1.82) is 0 Å². The second-order valence-electron chi connectivity index (χ2n) is 5.93. The average molecular weight is 313 g/mol. The monoisotopic (exact) mass is 312 g/mol. The predicted octanol–water partition coefficient (Wildman–Crippen LogP) is 3.32. The van der Waals surface area contributed by atoms with E-state index in [1.54, 1.807) is 14.2 Å². The third kappa shape index (κ3) is 3.22. The van der Waals surface area contributed by atoms with E-state index in [1.807, 2.05) is 12.1 Å². The van der Waals surface area contributed by atoms with Crippen LogP contribution in [0.1, 0.15) is 27.2 Å². The molecule has 1 aliphatic heterocycles. The van der Waals surface area contributed by atoms with Crippen molar-refractivity contribution in [1.82, 2.24) is 5.32 Å². The van der Waals surface area contributed by atoms with Crippen LogP contribution in [0.15, 0.2) is 12.1 Å². The van der Waals surface area contributed by atoms with E-state index >= 15 is 0 Å². The van der Waals surface area contributed by atoms with Crippen molar-refractivity contribution in [2.75, 3.05) is 32.2 Å². The molecular formula is C16H25ClN2O2. The fraction of sp³-hybridized carbons (Fsp3) is 0.625. The van der Waals surface area contributed by atoms with Gasteiger partial charge in [0.25, 0.3) is 0 Å². The van der Waals surface area contributed by atoms with E-state index in [4.69, 9.17) is 21.1 Å². The number of nitrogens with one attached hydrogen (secondary N) is 1. The van der Waals surface area contributed by atoms with E-state index in [1.165, 1.54) is 0 Å². The molecule has 4 nitrogen and oxygen atoms in total. The highest BCUT2D eigenvalue weighted by molar-refractivity contribution is 6.32. The molecule has 0 aromatic heterocycles. The normalized spacial score (nSPS) is 25.8. The number of benzene rings is 1. The molecule has 1 saturated heterocycles. The molecule has 1 N–H and O–H groups in total.